The van der Waals surface area contributed by atoms with Crippen molar-refractivity contribution < 1.29 is 19.1 Å². The Morgan fingerprint density at radius 2 is 1.95 bits per heavy atom. The van der Waals surface area contributed by atoms with E-state index in [1.54, 1.807) is 0 Å². The summed E-state index contributed by atoms with van der Waals surface area (Å²) >= 11 is 12.0. The Morgan fingerprint density at radius 3 is 2.59 bits per heavy atom. The molecule has 1 amide bonds. The van der Waals surface area contributed by atoms with E-state index in [1.165, 1.54) is 19.2 Å². The largest absolute Gasteiger partial charge is 0.465 e. The highest BCUT2D eigenvalue weighted by Crippen LogP contribution is 2.31. The predicted molar refractivity (Wildman–Crippen MR) is 83.4 cm³/mol. The van der Waals surface area contributed by atoms with Gasteiger partial charge >= 0.3 is 5.97 Å². The van der Waals surface area contributed by atoms with Crippen molar-refractivity contribution in [2.24, 2.45) is 5.92 Å². The van der Waals surface area contributed by atoms with Crippen molar-refractivity contribution in [2.45, 2.75) is 25.7 Å². The fraction of sp³-hybridized carbons (Fsp3) is 0.400. The molecule has 1 saturated carbocycles. The van der Waals surface area contributed by atoms with E-state index in [1.807, 2.05) is 0 Å². The highest BCUT2D eigenvalue weighted by atomic mass is 35.5. The van der Waals surface area contributed by atoms with Crippen LogP contribution in [-0.4, -0.2) is 24.8 Å². The molecular weight excluding hydrogens is 329 g/mol. The molecule has 0 bridgehead atoms. The van der Waals surface area contributed by atoms with Gasteiger partial charge in [-0.05, 0) is 25.0 Å². The molecule has 0 radical (unpaired) electrons. The van der Waals surface area contributed by atoms with Gasteiger partial charge in [0.15, 0.2) is 0 Å². The van der Waals surface area contributed by atoms with Crippen molar-refractivity contribution in [1.29, 1.82) is 0 Å². The van der Waals surface area contributed by atoms with Gasteiger partial charge in [0, 0.05) is 6.42 Å². The summed E-state index contributed by atoms with van der Waals surface area (Å²) < 4.78 is 4.62. The average Bonchev–Trinajstić information content (AvgIpc) is 2.49. The van der Waals surface area contributed by atoms with Crippen LogP contribution in [0, 0.1) is 5.92 Å². The standard InChI is InChI=1S/C15H15Cl2NO4/c1-22-15(21)9-6-12(11(17)7-10(9)16)18-14(20)8-4-2-3-5-13(8)19/h6-8H,2-5H2,1H3,(H,18,20). The first kappa shape index (κ1) is 16.8. The minimum absolute atomic E-state index is 0.0676. The van der Waals surface area contributed by atoms with Crippen LogP contribution in [-0.2, 0) is 14.3 Å². The normalized spacial score (nSPS) is 18.0. The van der Waals surface area contributed by atoms with Crippen molar-refractivity contribution in [2.75, 3.05) is 12.4 Å². The average molecular weight is 344 g/mol. The van der Waals surface area contributed by atoms with Gasteiger partial charge in [0.1, 0.15) is 5.78 Å². The number of carbonyl (C=O) groups excluding carboxylic acids is 3. The molecule has 1 unspecified atom stereocenters. The number of hydrogen-bond acceptors (Lipinski definition) is 4. The number of ketones is 1. The second-order valence-electron chi connectivity index (χ2n) is 5.06. The van der Waals surface area contributed by atoms with Crippen LogP contribution in [0.4, 0.5) is 5.69 Å². The van der Waals surface area contributed by atoms with E-state index in [-0.39, 0.29) is 27.1 Å². The Labute approximate surface area is 137 Å². The van der Waals surface area contributed by atoms with Crippen molar-refractivity contribution in [3.8, 4) is 0 Å². The molecule has 1 atom stereocenters. The van der Waals surface area contributed by atoms with E-state index in [9.17, 15) is 14.4 Å². The third-order valence-corrected chi connectivity index (χ3v) is 4.22. The number of halogens is 2. The van der Waals surface area contributed by atoms with Gasteiger partial charge in [-0.15, -0.1) is 0 Å². The van der Waals surface area contributed by atoms with Gasteiger partial charge in [-0.2, -0.15) is 0 Å². The lowest BCUT2D eigenvalue weighted by Crippen LogP contribution is -2.32. The van der Waals surface area contributed by atoms with Crippen LogP contribution in [0.5, 0.6) is 0 Å². The fourth-order valence-electron chi connectivity index (χ4n) is 2.39. The van der Waals surface area contributed by atoms with Crippen LogP contribution in [0.1, 0.15) is 36.0 Å². The Balaban J connectivity index is 2.23. The monoisotopic (exact) mass is 343 g/mol. The Bertz CT molecular complexity index is 630. The number of benzene rings is 1. The maximum absolute atomic E-state index is 12.2. The van der Waals surface area contributed by atoms with Gasteiger partial charge in [-0.25, -0.2) is 4.79 Å². The van der Waals surface area contributed by atoms with Crippen LogP contribution in [0.3, 0.4) is 0 Å². The zero-order chi connectivity index (χ0) is 16.3. The van der Waals surface area contributed by atoms with Crippen molar-refractivity contribution in [3.63, 3.8) is 0 Å². The maximum Gasteiger partial charge on any atom is 0.339 e. The molecule has 0 spiro atoms. The van der Waals surface area contributed by atoms with Gasteiger partial charge in [-0.1, -0.05) is 29.6 Å². The summed E-state index contributed by atoms with van der Waals surface area (Å²) in [6.07, 6.45) is 2.60. The SMILES string of the molecule is COC(=O)c1cc(NC(=O)C2CCCCC2=O)c(Cl)cc1Cl. The quantitative estimate of drug-likeness (QED) is 0.673. The summed E-state index contributed by atoms with van der Waals surface area (Å²) in [6.45, 7) is 0. The van der Waals surface area contributed by atoms with E-state index < -0.39 is 17.8 Å². The number of Topliss-reactive ketones (excluding diaryl/α,β-unsaturated/α-hetero) is 1. The number of nitrogens with one attached hydrogen (secondary N) is 1. The molecule has 7 heteroatoms. The Kier molecular flexibility index (Phi) is 5.42. The third-order valence-electron chi connectivity index (χ3n) is 3.59. The molecule has 1 aromatic rings. The zero-order valence-electron chi connectivity index (χ0n) is 11.9. The first-order valence-electron chi connectivity index (χ1n) is 6.85. The highest BCUT2D eigenvalue weighted by Gasteiger charge is 2.29. The van der Waals surface area contributed by atoms with Gasteiger partial charge in [0.05, 0.1) is 34.3 Å². The molecule has 0 aromatic heterocycles. The number of esters is 1. The predicted octanol–water partition coefficient (Wildman–Crippen LogP) is 3.48. The summed E-state index contributed by atoms with van der Waals surface area (Å²) in [7, 11) is 1.23. The van der Waals surface area contributed by atoms with Crippen molar-refractivity contribution in [3.05, 3.63) is 27.7 Å². The number of anilines is 1. The number of carbonyl (C=O) groups is 3. The second-order valence-corrected chi connectivity index (χ2v) is 5.87. The number of rotatable bonds is 3. The van der Waals surface area contributed by atoms with E-state index in [4.69, 9.17) is 23.2 Å². The molecule has 1 aromatic carbocycles. The maximum atomic E-state index is 12.2. The zero-order valence-corrected chi connectivity index (χ0v) is 13.5. The molecule has 22 heavy (non-hydrogen) atoms. The molecule has 0 aliphatic heterocycles. The Hall–Kier alpha value is -1.59. The van der Waals surface area contributed by atoms with Crippen LogP contribution in [0.25, 0.3) is 0 Å². The topological polar surface area (TPSA) is 72.5 Å². The van der Waals surface area contributed by atoms with Gasteiger partial charge in [0.25, 0.3) is 0 Å². The molecule has 5 nitrogen and oxygen atoms in total. The van der Waals surface area contributed by atoms with Gasteiger partial charge in [0.2, 0.25) is 5.91 Å². The lowest BCUT2D eigenvalue weighted by molar-refractivity contribution is -0.132. The van der Waals surface area contributed by atoms with Crippen LogP contribution in [0.2, 0.25) is 10.0 Å². The van der Waals surface area contributed by atoms with E-state index >= 15 is 0 Å². The fourth-order valence-corrected chi connectivity index (χ4v) is 2.90. The number of ether oxygens (including phenoxy) is 1. The summed E-state index contributed by atoms with van der Waals surface area (Å²) in [6, 6.07) is 2.70. The molecule has 2 rings (SSSR count). The third kappa shape index (κ3) is 3.59. The van der Waals surface area contributed by atoms with Crippen molar-refractivity contribution in [1.82, 2.24) is 0 Å². The number of hydrogen-bond donors (Lipinski definition) is 1. The Morgan fingerprint density at radius 1 is 1.23 bits per heavy atom. The lowest BCUT2D eigenvalue weighted by Gasteiger charge is -2.20. The number of amides is 1. The molecule has 0 heterocycles. The minimum atomic E-state index is -0.665. The molecule has 118 valence electrons. The summed E-state index contributed by atoms with van der Waals surface area (Å²) in [4.78, 5) is 35.6. The first-order valence-corrected chi connectivity index (χ1v) is 7.60. The van der Waals surface area contributed by atoms with Gasteiger partial charge < -0.3 is 10.1 Å². The van der Waals surface area contributed by atoms with E-state index in [0.29, 0.717) is 12.8 Å². The molecule has 1 fully saturated rings. The lowest BCUT2D eigenvalue weighted by atomic mass is 9.87. The summed E-state index contributed by atoms with van der Waals surface area (Å²) in [5, 5.41) is 2.92. The van der Waals surface area contributed by atoms with Crippen molar-refractivity contribution >= 4 is 46.5 Å². The molecule has 1 N–H and O–H groups in total. The first-order chi connectivity index (χ1) is 10.4. The second kappa shape index (κ2) is 7.11. The molecular formula is C15H15Cl2NO4. The van der Waals surface area contributed by atoms with E-state index in [0.717, 1.165) is 12.8 Å². The highest BCUT2D eigenvalue weighted by molar-refractivity contribution is 6.38. The van der Waals surface area contributed by atoms with Crippen LogP contribution < -0.4 is 5.32 Å². The minimum Gasteiger partial charge on any atom is -0.465 e. The van der Waals surface area contributed by atoms with Gasteiger partial charge in [-0.3, -0.25) is 9.59 Å². The molecule has 1 aliphatic rings. The molecule has 0 saturated heterocycles. The van der Waals surface area contributed by atoms with E-state index in [2.05, 4.69) is 10.1 Å². The molecule has 1 aliphatic carbocycles. The van der Waals surface area contributed by atoms with Crippen LogP contribution >= 0.6 is 23.2 Å². The summed E-state index contributed by atoms with van der Waals surface area (Å²) in [5.41, 5.74) is 0.327. The smallest absolute Gasteiger partial charge is 0.339 e. The number of methoxy groups -OCH3 is 1. The summed E-state index contributed by atoms with van der Waals surface area (Å²) in [5.74, 6) is -1.78. The van der Waals surface area contributed by atoms with Crippen LogP contribution in [0.15, 0.2) is 12.1 Å².